The molecule has 0 aliphatic heterocycles. The number of hydrogen-bond donors (Lipinski definition) is 1. The highest BCUT2D eigenvalue weighted by atomic mass is 15.3. The smallest absolute Gasteiger partial charge is 0.250 e. The van der Waals surface area contributed by atoms with Gasteiger partial charge in [0, 0.05) is 24.6 Å². The first kappa shape index (κ1) is 12.7. The number of nitrogens with two attached hydrogens (primary N) is 1. The van der Waals surface area contributed by atoms with E-state index in [2.05, 4.69) is 28.9 Å². The fourth-order valence-corrected chi connectivity index (χ4v) is 1.70. The Bertz CT molecular complexity index is 498. The Hall–Kier alpha value is -1.75. The predicted molar refractivity (Wildman–Crippen MR) is 70.6 cm³/mol. The van der Waals surface area contributed by atoms with Crippen molar-refractivity contribution in [1.29, 1.82) is 0 Å². The van der Waals surface area contributed by atoms with Crippen molar-refractivity contribution >= 4 is 0 Å². The van der Waals surface area contributed by atoms with Crippen molar-refractivity contribution < 1.29 is 0 Å². The summed E-state index contributed by atoms with van der Waals surface area (Å²) in [5.74, 6) is 0.999. The van der Waals surface area contributed by atoms with Crippen LogP contribution in [0.25, 0.3) is 5.95 Å². The summed E-state index contributed by atoms with van der Waals surface area (Å²) < 4.78 is 1.70. The van der Waals surface area contributed by atoms with Gasteiger partial charge in [0.05, 0.1) is 5.69 Å². The third kappa shape index (κ3) is 2.92. The van der Waals surface area contributed by atoms with Gasteiger partial charge in [0.15, 0.2) is 0 Å². The molecule has 0 fully saturated rings. The second-order valence-electron chi connectivity index (χ2n) is 4.91. The second-order valence-corrected chi connectivity index (χ2v) is 4.91. The van der Waals surface area contributed by atoms with Crippen LogP contribution in [-0.2, 0) is 6.42 Å². The van der Waals surface area contributed by atoms with E-state index in [0.29, 0.717) is 11.9 Å². The highest BCUT2D eigenvalue weighted by molar-refractivity contribution is 5.16. The van der Waals surface area contributed by atoms with Crippen molar-refractivity contribution in [3.8, 4) is 5.95 Å². The lowest BCUT2D eigenvalue weighted by Crippen LogP contribution is -2.18. The molecule has 5 nitrogen and oxygen atoms in total. The van der Waals surface area contributed by atoms with Crippen LogP contribution in [0.15, 0.2) is 24.7 Å². The van der Waals surface area contributed by atoms with E-state index >= 15 is 0 Å². The van der Waals surface area contributed by atoms with Gasteiger partial charge in [-0.3, -0.25) is 0 Å². The number of nitrogens with zero attached hydrogens (tertiary/aromatic N) is 4. The summed E-state index contributed by atoms with van der Waals surface area (Å²) in [5, 5.41) is 4.44. The molecule has 96 valence electrons. The van der Waals surface area contributed by atoms with Crippen LogP contribution in [0.4, 0.5) is 0 Å². The van der Waals surface area contributed by atoms with Crippen molar-refractivity contribution in [2.45, 2.75) is 39.2 Å². The van der Waals surface area contributed by atoms with E-state index in [1.807, 2.05) is 31.6 Å². The molecular weight excluding hydrogens is 226 g/mol. The molecule has 2 aromatic heterocycles. The molecule has 0 aliphatic carbocycles. The van der Waals surface area contributed by atoms with Gasteiger partial charge in [0.1, 0.15) is 0 Å². The normalized spacial score (nSPS) is 12.9. The Labute approximate surface area is 107 Å². The Balaban J connectivity index is 2.17. The molecule has 0 amide bonds. The van der Waals surface area contributed by atoms with Crippen molar-refractivity contribution in [3.05, 3.63) is 35.9 Å². The van der Waals surface area contributed by atoms with Gasteiger partial charge >= 0.3 is 0 Å². The Morgan fingerprint density at radius 3 is 2.39 bits per heavy atom. The standard InChI is InChI=1S/C13H19N5/c1-9(2)12-4-5-18(17-12)13-15-7-11(8-16-13)6-10(3)14/h4-5,7-10H,6,14H2,1-3H3. The van der Waals surface area contributed by atoms with Crippen LogP contribution in [0, 0.1) is 0 Å². The lowest BCUT2D eigenvalue weighted by Gasteiger charge is -2.05. The topological polar surface area (TPSA) is 69.6 Å². The fraction of sp³-hybridized carbons (Fsp3) is 0.462. The van der Waals surface area contributed by atoms with Gasteiger partial charge in [0.2, 0.25) is 5.95 Å². The first-order chi connectivity index (χ1) is 8.56. The van der Waals surface area contributed by atoms with Gasteiger partial charge in [-0.15, -0.1) is 0 Å². The second kappa shape index (κ2) is 5.27. The van der Waals surface area contributed by atoms with Gasteiger partial charge in [0.25, 0.3) is 0 Å². The molecule has 0 saturated heterocycles. The van der Waals surface area contributed by atoms with E-state index in [1.54, 1.807) is 4.68 Å². The van der Waals surface area contributed by atoms with E-state index in [9.17, 15) is 0 Å². The van der Waals surface area contributed by atoms with Crippen LogP contribution in [-0.4, -0.2) is 25.8 Å². The first-order valence-corrected chi connectivity index (χ1v) is 6.18. The summed E-state index contributed by atoms with van der Waals surface area (Å²) in [6.45, 7) is 6.19. The van der Waals surface area contributed by atoms with Gasteiger partial charge in [-0.1, -0.05) is 13.8 Å². The average Bonchev–Trinajstić information content (AvgIpc) is 2.78. The van der Waals surface area contributed by atoms with Crippen molar-refractivity contribution in [1.82, 2.24) is 19.7 Å². The predicted octanol–water partition coefficient (Wildman–Crippen LogP) is 1.68. The summed E-state index contributed by atoms with van der Waals surface area (Å²) in [7, 11) is 0. The molecule has 5 heteroatoms. The SMILES string of the molecule is CC(N)Cc1cnc(-n2ccc(C(C)C)n2)nc1. The highest BCUT2D eigenvalue weighted by Gasteiger charge is 2.07. The summed E-state index contributed by atoms with van der Waals surface area (Å²) in [5.41, 5.74) is 7.82. The Kier molecular flexibility index (Phi) is 3.72. The fourth-order valence-electron chi connectivity index (χ4n) is 1.70. The van der Waals surface area contributed by atoms with Crippen LogP contribution in [0.2, 0.25) is 0 Å². The molecule has 0 spiro atoms. The number of hydrogen-bond acceptors (Lipinski definition) is 4. The maximum Gasteiger partial charge on any atom is 0.250 e. The molecule has 1 unspecified atom stereocenters. The van der Waals surface area contributed by atoms with Crippen LogP contribution < -0.4 is 5.73 Å². The molecular formula is C13H19N5. The van der Waals surface area contributed by atoms with Crippen molar-refractivity contribution in [2.75, 3.05) is 0 Å². The Morgan fingerprint density at radius 2 is 1.89 bits per heavy atom. The zero-order valence-corrected chi connectivity index (χ0v) is 11.0. The van der Waals surface area contributed by atoms with E-state index in [-0.39, 0.29) is 6.04 Å². The van der Waals surface area contributed by atoms with Gasteiger partial charge in [-0.25, -0.2) is 14.6 Å². The maximum absolute atomic E-state index is 5.74. The minimum absolute atomic E-state index is 0.122. The zero-order chi connectivity index (χ0) is 13.1. The quantitative estimate of drug-likeness (QED) is 0.889. The molecule has 2 rings (SSSR count). The van der Waals surface area contributed by atoms with E-state index in [4.69, 9.17) is 5.73 Å². The molecule has 18 heavy (non-hydrogen) atoms. The Morgan fingerprint density at radius 1 is 1.22 bits per heavy atom. The van der Waals surface area contributed by atoms with Gasteiger partial charge in [-0.05, 0) is 30.9 Å². The van der Waals surface area contributed by atoms with Crippen molar-refractivity contribution in [2.24, 2.45) is 5.73 Å². The molecule has 1 atom stereocenters. The lowest BCUT2D eigenvalue weighted by molar-refractivity contribution is 0.718. The van der Waals surface area contributed by atoms with Crippen LogP contribution >= 0.6 is 0 Å². The third-order valence-electron chi connectivity index (χ3n) is 2.66. The monoisotopic (exact) mass is 245 g/mol. The molecule has 0 radical (unpaired) electrons. The van der Waals surface area contributed by atoms with E-state index in [1.165, 1.54) is 0 Å². The molecule has 2 N–H and O–H groups in total. The minimum Gasteiger partial charge on any atom is -0.328 e. The summed E-state index contributed by atoms with van der Waals surface area (Å²) >= 11 is 0. The molecule has 2 aromatic rings. The minimum atomic E-state index is 0.122. The van der Waals surface area contributed by atoms with Crippen LogP contribution in [0.1, 0.15) is 37.9 Å². The largest absolute Gasteiger partial charge is 0.328 e. The third-order valence-corrected chi connectivity index (χ3v) is 2.66. The van der Waals surface area contributed by atoms with Crippen LogP contribution in [0.3, 0.4) is 0 Å². The van der Waals surface area contributed by atoms with Crippen LogP contribution in [0.5, 0.6) is 0 Å². The summed E-state index contributed by atoms with van der Waals surface area (Å²) in [4.78, 5) is 8.62. The molecule has 2 heterocycles. The van der Waals surface area contributed by atoms with Gasteiger partial charge < -0.3 is 5.73 Å². The molecule has 0 bridgehead atoms. The number of aromatic nitrogens is 4. The summed E-state index contributed by atoms with van der Waals surface area (Å²) in [6, 6.07) is 2.11. The van der Waals surface area contributed by atoms with Crippen molar-refractivity contribution in [3.63, 3.8) is 0 Å². The molecule has 0 aliphatic rings. The molecule has 0 saturated carbocycles. The maximum atomic E-state index is 5.74. The zero-order valence-electron chi connectivity index (χ0n) is 11.0. The molecule has 0 aromatic carbocycles. The highest BCUT2D eigenvalue weighted by Crippen LogP contribution is 2.12. The number of rotatable bonds is 4. The lowest BCUT2D eigenvalue weighted by atomic mass is 10.1. The first-order valence-electron chi connectivity index (χ1n) is 6.18. The summed E-state index contributed by atoms with van der Waals surface area (Å²) in [6.07, 6.45) is 6.29. The van der Waals surface area contributed by atoms with E-state index < -0.39 is 0 Å². The van der Waals surface area contributed by atoms with Gasteiger partial charge in [-0.2, -0.15) is 5.10 Å². The van der Waals surface area contributed by atoms with E-state index in [0.717, 1.165) is 17.7 Å². The average molecular weight is 245 g/mol.